The van der Waals surface area contributed by atoms with Gasteiger partial charge in [-0.15, -0.1) is 0 Å². The molecule has 7 heteroatoms. The molecule has 2 N–H and O–H groups in total. The van der Waals surface area contributed by atoms with Gasteiger partial charge >= 0.3 is 13.1 Å². The molecule has 1 heterocycles. The molecule has 2 rings (SSSR count). The highest BCUT2D eigenvalue weighted by Gasteiger charge is 2.32. The average Bonchev–Trinajstić information content (AvgIpc) is 2.60. The van der Waals surface area contributed by atoms with Gasteiger partial charge < -0.3 is 19.5 Å². The highest BCUT2D eigenvalue weighted by atomic mass is 19.1. The molecule has 16 heavy (non-hydrogen) atoms. The third kappa shape index (κ3) is 1.87. The predicted molar refractivity (Wildman–Crippen MR) is 51.9 cm³/mol. The number of fused-ring (bicyclic) bond motifs is 1. The van der Waals surface area contributed by atoms with Crippen LogP contribution in [0, 0.1) is 5.82 Å². The second kappa shape index (κ2) is 4.11. The largest absolute Gasteiger partial charge is 0.494 e. The summed E-state index contributed by atoms with van der Waals surface area (Å²) in [5.41, 5.74) is 0.551. The first-order chi connectivity index (χ1) is 7.59. The minimum absolute atomic E-state index is 0.0166. The van der Waals surface area contributed by atoms with E-state index in [2.05, 4.69) is 0 Å². The van der Waals surface area contributed by atoms with Crippen molar-refractivity contribution in [2.24, 2.45) is 0 Å². The van der Waals surface area contributed by atoms with E-state index in [-0.39, 0.29) is 17.8 Å². The fraction of sp³-hybridized carbons (Fsp3) is 0.222. The monoisotopic (exact) mass is 226 g/mol. The third-order valence-electron chi connectivity index (χ3n) is 2.23. The van der Waals surface area contributed by atoms with Gasteiger partial charge in [-0.1, -0.05) is 6.07 Å². The molecule has 0 unspecified atom stereocenters. The molecule has 0 saturated carbocycles. The van der Waals surface area contributed by atoms with Crippen molar-refractivity contribution in [3.05, 3.63) is 23.5 Å². The van der Waals surface area contributed by atoms with Crippen molar-refractivity contribution < 1.29 is 28.7 Å². The lowest BCUT2D eigenvalue weighted by molar-refractivity contribution is -0.139. The maximum atomic E-state index is 13.7. The number of ether oxygens (including phenoxy) is 1. The van der Waals surface area contributed by atoms with Crippen molar-refractivity contribution in [3.8, 4) is 5.75 Å². The van der Waals surface area contributed by atoms with E-state index in [0.29, 0.717) is 5.56 Å². The number of carboxylic acid groups (broad SMARTS) is 1. The SMILES string of the molecule is O=C(O)COc1ccc2c(c1F)B(O)OC2. The topological polar surface area (TPSA) is 76.0 Å². The van der Waals surface area contributed by atoms with Gasteiger partial charge in [-0.2, -0.15) is 0 Å². The number of carbonyl (C=O) groups is 1. The highest BCUT2D eigenvalue weighted by Crippen LogP contribution is 2.21. The summed E-state index contributed by atoms with van der Waals surface area (Å²) in [4.78, 5) is 10.3. The predicted octanol–water partition coefficient (Wildman–Crippen LogP) is -0.493. The van der Waals surface area contributed by atoms with Gasteiger partial charge in [-0.05, 0) is 11.6 Å². The van der Waals surface area contributed by atoms with Crippen LogP contribution in [0.1, 0.15) is 5.56 Å². The Labute approximate surface area is 90.6 Å². The summed E-state index contributed by atoms with van der Waals surface area (Å²) in [7, 11) is -1.32. The van der Waals surface area contributed by atoms with Gasteiger partial charge in [0, 0.05) is 5.46 Å². The smallest absolute Gasteiger partial charge is 0.479 e. The van der Waals surface area contributed by atoms with Gasteiger partial charge in [0.2, 0.25) is 0 Å². The second-order valence-electron chi connectivity index (χ2n) is 3.30. The standard InChI is InChI=1S/C9H8BFO5/c11-9-6(15-4-7(12)13)2-1-5-3-16-10(14)8(5)9/h1-2,14H,3-4H2,(H,12,13). The zero-order valence-corrected chi connectivity index (χ0v) is 8.14. The molecule has 1 aromatic carbocycles. The molecule has 1 aliphatic rings. The minimum atomic E-state index is -1.32. The van der Waals surface area contributed by atoms with E-state index in [4.69, 9.17) is 14.5 Å². The van der Waals surface area contributed by atoms with Crippen LogP contribution in [0.15, 0.2) is 12.1 Å². The van der Waals surface area contributed by atoms with Crippen molar-refractivity contribution in [1.82, 2.24) is 0 Å². The first-order valence-electron chi connectivity index (χ1n) is 4.55. The Morgan fingerprint density at radius 2 is 2.38 bits per heavy atom. The van der Waals surface area contributed by atoms with Crippen LogP contribution < -0.4 is 10.2 Å². The maximum absolute atomic E-state index is 13.7. The van der Waals surface area contributed by atoms with E-state index in [1.807, 2.05) is 0 Å². The summed E-state index contributed by atoms with van der Waals surface area (Å²) in [6.07, 6.45) is 0. The number of halogens is 1. The fourth-order valence-corrected chi connectivity index (χ4v) is 1.51. The quantitative estimate of drug-likeness (QED) is 0.680. The van der Waals surface area contributed by atoms with Gasteiger partial charge in [0.25, 0.3) is 0 Å². The summed E-state index contributed by atoms with van der Waals surface area (Å²) >= 11 is 0. The molecule has 5 nitrogen and oxygen atoms in total. The lowest BCUT2D eigenvalue weighted by Gasteiger charge is -2.07. The molecule has 0 atom stereocenters. The normalized spacial score (nSPS) is 13.8. The van der Waals surface area contributed by atoms with Crippen LogP contribution in [-0.2, 0) is 16.1 Å². The summed E-state index contributed by atoms with van der Waals surface area (Å²) in [6.45, 7) is -0.501. The number of hydrogen-bond acceptors (Lipinski definition) is 4. The number of benzene rings is 1. The third-order valence-corrected chi connectivity index (χ3v) is 2.23. The Morgan fingerprint density at radius 3 is 3.06 bits per heavy atom. The van der Waals surface area contributed by atoms with Crippen LogP contribution in [0.3, 0.4) is 0 Å². The van der Waals surface area contributed by atoms with Gasteiger partial charge in [0.15, 0.2) is 18.2 Å². The Hall–Kier alpha value is -1.60. The first kappa shape index (κ1) is 10.9. The average molecular weight is 226 g/mol. The Bertz CT molecular complexity index is 436. The van der Waals surface area contributed by atoms with Crippen molar-refractivity contribution in [3.63, 3.8) is 0 Å². The van der Waals surface area contributed by atoms with Crippen molar-refractivity contribution in [2.45, 2.75) is 6.61 Å². The summed E-state index contributed by atoms with van der Waals surface area (Å²) in [5, 5.41) is 17.7. The van der Waals surface area contributed by atoms with Gasteiger partial charge in [0.1, 0.15) is 0 Å². The number of hydrogen-bond donors (Lipinski definition) is 2. The van der Waals surface area contributed by atoms with Crippen molar-refractivity contribution in [1.29, 1.82) is 0 Å². The molecule has 1 aromatic rings. The lowest BCUT2D eigenvalue weighted by atomic mass is 9.79. The van der Waals surface area contributed by atoms with Gasteiger partial charge in [-0.25, -0.2) is 9.18 Å². The zero-order chi connectivity index (χ0) is 11.7. The number of carboxylic acids is 1. The van der Waals surface area contributed by atoms with Crippen LogP contribution >= 0.6 is 0 Å². The van der Waals surface area contributed by atoms with Crippen LogP contribution in [0.4, 0.5) is 4.39 Å². The molecule has 0 amide bonds. The second-order valence-corrected chi connectivity index (χ2v) is 3.30. The van der Waals surface area contributed by atoms with Crippen LogP contribution in [0.5, 0.6) is 5.75 Å². The van der Waals surface area contributed by atoms with Crippen molar-refractivity contribution >= 4 is 18.6 Å². The molecule has 1 aliphatic heterocycles. The lowest BCUT2D eigenvalue weighted by Crippen LogP contribution is -2.31. The van der Waals surface area contributed by atoms with Gasteiger partial charge in [0.05, 0.1) is 6.61 Å². The van der Waals surface area contributed by atoms with E-state index in [1.165, 1.54) is 12.1 Å². The van der Waals surface area contributed by atoms with E-state index < -0.39 is 25.5 Å². The molecule has 0 aromatic heterocycles. The van der Waals surface area contributed by atoms with E-state index in [9.17, 15) is 14.2 Å². The van der Waals surface area contributed by atoms with Crippen LogP contribution in [0.2, 0.25) is 0 Å². The summed E-state index contributed by atoms with van der Waals surface area (Å²) < 4.78 is 23.3. The van der Waals surface area contributed by atoms with Crippen LogP contribution in [0.25, 0.3) is 0 Å². The maximum Gasteiger partial charge on any atom is 0.494 e. The Balaban J connectivity index is 2.28. The Kier molecular flexibility index (Phi) is 2.80. The number of rotatable bonds is 3. The van der Waals surface area contributed by atoms with E-state index >= 15 is 0 Å². The molecule has 0 bridgehead atoms. The zero-order valence-electron chi connectivity index (χ0n) is 8.14. The summed E-state index contributed by atoms with van der Waals surface area (Å²) in [6, 6.07) is 2.85. The molecule has 0 radical (unpaired) electrons. The Morgan fingerprint density at radius 1 is 1.62 bits per heavy atom. The fourth-order valence-electron chi connectivity index (χ4n) is 1.51. The number of aliphatic carboxylic acids is 1. The molecular formula is C9H8BFO5. The van der Waals surface area contributed by atoms with Crippen LogP contribution in [-0.4, -0.2) is 29.8 Å². The minimum Gasteiger partial charge on any atom is -0.479 e. The van der Waals surface area contributed by atoms with E-state index in [1.54, 1.807) is 0 Å². The van der Waals surface area contributed by atoms with E-state index in [0.717, 1.165) is 0 Å². The molecule has 0 saturated heterocycles. The van der Waals surface area contributed by atoms with Crippen molar-refractivity contribution in [2.75, 3.05) is 6.61 Å². The molecule has 84 valence electrons. The molecular weight excluding hydrogens is 218 g/mol. The van der Waals surface area contributed by atoms with Gasteiger partial charge in [-0.3, -0.25) is 0 Å². The highest BCUT2D eigenvalue weighted by molar-refractivity contribution is 6.61. The molecule has 0 spiro atoms. The summed E-state index contributed by atoms with van der Waals surface area (Å²) in [5.74, 6) is -2.17. The first-order valence-corrected chi connectivity index (χ1v) is 4.55. The molecule has 0 aliphatic carbocycles. The molecule has 0 fully saturated rings.